The lowest BCUT2D eigenvalue weighted by Gasteiger charge is -2.21. The molecule has 0 spiro atoms. The van der Waals surface area contributed by atoms with Crippen LogP contribution in [0.5, 0.6) is 0 Å². The summed E-state index contributed by atoms with van der Waals surface area (Å²) in [7, 11) is 0. The average Bonchev–Trinajstić information content (AvgIpc) is 2.83. The minimum Gasteiger partial charge on any atom is -0.303 e. The Hall–Kier alpha value is -1.09. The van der Waals surface area contributed by atoms with Crippen molar-refractivity contribution in [2.24, 2.45) is 0 Å². The van der Waals surface area contributed by atoms with Crippen LogP contribution >= 0.6 is 23.2 Å². The van der Waals surface area contributed by atoms with Gasteiger partial charge in [0.15, 0.2) is 0 Å². The fraction of sp³-hybridized carbons (Fsp3) is 0.294. The summed E-state index contributed by atoms with van der Waals surface area (Å²) in [6.45, 7) is 2.06. The highest BCUT2D eigenvalue weighted by Crippen LogP contribution is 2.35. The van der Waals surface area contributed by atoms with Crippen LogP contribution in [0, 0.1) is 5.82 Å². The van der Waals surface area contributed by atoms with Gasteiger partial charge in [0.2, 0.25) is 0 Å². The highest BCUT2D eigenvalue weighted by atomic mass is 35.5. The van der Waals surface area contributed by atoms with Gasteiger partial charge >= 0.3 is 0 Å². The summed E-state index contributed by atoms with van der Waals surface area (Å²) >= 11 is 12.2. The summed E-state index contributed by atoms with van der Waals surface area (Å²) in [5.74, 6) is -0.103. The minimum atomic E-state index is -0.103. The lowest BCUT2D eigenvalue weighted by molar-refractivity contribution is 0.465. The monoisotopic (exact) mass is 323 g/mol. The Balaban J connectivity index is 1.81. The molecule has 2 atom stereocenters. The largest absolute Gasteiger partial charge is 0.303 e. The number of halogens is 3. The van der Waals surface area contributed by atoms with Crippen LogP contribution in [0.3, 0.4) is 0 Å². The maximum atomic E-state index is 13.8. The van der Waals surface area contributed by atoms with Gasteiger partial charge in [0.05, 0.1) is 0 Å². The Morgan fingerprint density at radius 1 is 1.24 bits per heavy atom. The second-order valence-electron chi connectivity index (χ2n) is 5.45. The maximum absolute atomic E-state index is 13.8. The van der Waals surface area contributed by atoms with Crippen molar-refractivity contribution in [3.63, 3.8) is 0 Å². The Kier molecular flexibility index (Phi) is 4.21. The lowest BCUT2D eigenvalue weighted by atomic mass is 10.0. The Labute approximate surface area is 134 Å². The smallest absolute Gasteiger partial charge is 0.126 e. The first-order valence-corrected chi connectivity index (χ1v) is 7.80. The van der Waals surface area contributed by atoms with Crippen molar-refractivity contribution in [1.82, 2.24) is 5.32 Å². The van der Waals surface area contributed by atoms with Crippen LogP contribution in [-0.4, -0.2) is 0 Å². The molecule has 1 aliphatic rings. The first-order chi connectivity index (χ1) is 10.1. The molecule has 0 bridgehead atoms. The minimum absolute atomic E-state index is 0.0778. The van der Waals surface area contributed by atoms with Crippen molar-refractivity contribution in [3.05, 3.63) is 69.0 Å². The van der Waals surface area contributed by atoms with Gasteiger partial charge in [0, 0.05) is 22.1 Å². The standard InChI is InChI=1S/C17H16Cl2FN/c1-10(12-6-5-11(18)9-15(12)19)21-17-8-7-13-14(17)3-2-4-16(13)20/h2-6,9-10,17,21H,7-8H2,1H3. The number of hydrogen-bond acceptors (Lipinski definition) is 1. The third-order valence-corrected chi connectivity index (χ3v) is 4.66. The maximum Gasteiger partial charge on any atom is 0.126 e. The number of rotatable bonds is 3. The van der Waals surface area contributed by atoms with E-state index in [1.165, 1.54) is 6.07 Å². The summed E-state index contributed by atoms with van der Waals surface area (Å²) in [4.78, 5) is 0. The van der Waals surface area contributed by atoms with Crippen molar-refractivity contribution in [1.29, 1.82) is 0 Å². The molecule has 0 radical (unpaired) electrons. The van der Waals surface area contributed by atoms with E-state index in [1.54, 1.807) is 12.1 Å². The molecule has 0 saturated heterocycles. The van der Waals surface area contributed by atoms with Crippen molar-refractivity contribution >= 4 is 23.2 Å². The molecule has 0 aliphatic heterocycles. The SMILES string of the molecule is CC(NC1CCc2c(F)cccc21)c1ccc(Cl)cc1Cl. The molecule has 1 aliphatic carbocycles. The molecule has 0 fully saturated rings. The molecule has 0 saturated carbocycles. The van der Waals surface area contributed by atoms with Crippen LogP contribution in [0.15, 0.2) is 36.4 Å². The van der Waals surface area contributed by atoms with E-state index in [1.807, 2.05) is 18.2 Å². The molecule has 4 heteroatoms. The summed E-state index contributed by atoms with van der Waals surface area (Å²) < 4.78 is 13.8. The van der Waals surface area contributed by atoms with Gasteiger partial charge in [-0.2, -0.15) is 0 Å². The molecule has 1 N–H and O–H groups in total. The van der Waals surface area contributed by atoms with Gasteiger partial charge in [-0.15, -0.1) is 0 Å². The van der Waals surface area contributed by atoms with E-state index in [-0.39, 0.29) is 17.9 Å². The molecule has 0 heterocycles. The van der Waals surface area contributed by atoms with E-state index in [0.717, 1.165) is 29.5 Å². The van der Waals surface area contributed by atoms with Crippen molar-refractivity contribution in [2.75, 3.05) is 0 Å². The molecule has 2 aromatic carbocycles. The fourth-order valence-corrected chi connectivity index (χ4v) is 3.60. The topological polar surface area (TPSA) is 12.0 Å². The summed E-state index contributed by atoms with van der Waals surface area (Å²) in [5, 5.41) is 4.83. The average molecular weight is 324 g/mol. The van der Waals surface area contributed by atoms with Crippen molar-refractivity contribution < 1.29 is 4.39 Å². The molecule has 110 valence electrons. The van der Waals surface area contributed by atoms with E-state index in [2.05, 4.69) is 12.2 Å². The van der Waals surface area contributed by atoms with Crippen LogP contribution < -0.4 is 5.32 Å². The van der Waals surface area contributed by atoms with Gasteiger partial charge in [0.25, 0.3) is 0 Å². The third kappa shape index (κ3) is 2.94. The molecule has 2 aromatic rings. The lowest BCUT2D eigenvalue weighted by Crippen LogP contribution is -2.23. The van der Waals surface area contributed by atoms with E-state index >= 15 is 0 Å². The number of nitrogens with one attached hydrogen (secondary N) is 1. The molecule has 2 unspecified atom stereocenters. The molecule has 3 rings (SSSR count). The van der Waals surface area contributed by atoms with E-state index < -0.39 is 0 Å². The predicted octanol–water partition coefficient (Wildman–Crippen LogP) is 5.47. The summed E-state index contributed by atoms with van der Waals surface area (Å²) in [6.07, 6.45) is 1.69. The van der Waals surface area contributed by atoms with Gasteiger partial charge in [0.1, 0.15) is 5.82 Å². The Morgan fingerprint density at radius 2 is 2.05 bits per heavy atom. The normalized spacial score (nSPS) is 18.6. The Morgan fingerprint density at radius 3 is 2.81 bits per heavy atom. The zero-order valence-corrected chi connectivity index (χ0v) is 13.2. The number of benzene rings is 2. The first kappa shape index (κ1) is 14.8. The highest BCUT2D eigenvalue weighted by Gasteiger charge is 2.26. The van der Waals surface area contributed by atoms with Crippen LogP contribution in [-0.2, 0) is 6.42 Å². The molecule has 1 nitrogen and oxygen atoms in total. The quantitative estimate of drug-likeness (QED) is 0.789. The summed E-state index contributed by atoms with van der Waals surface area (Å²) in [5.41, 5.74) is 2.90. The van der Waals surface area contributed by atoms with Crippen LogP contribution in [0.2, 0.25) is 10.0 Å². The second-order valence-corrected chi connectivity index (χ2v) is 6.30. The van der Waals surface area contributed by atoms with Gasteiger partial charge in [-0.1, -0.05) is 41.4 Å². The number of hydrogen-bond donors (Lipinski definition) is 1. The molecule has 0 amide bonds. The van der Waals surface area contributed by atoms with Gasteiger partial charge in [-0.3, -0.25) is 0 Å². The van der Waals surface area contributed by atoms with Crippen LogP contribution in [0.1, 0.15) is 42.1 Å². The van der Waals surface area contributed by atoms with Gasteiger partial charge < -0.3 is 5.32 Å². The van der Waals surface area contributed by atoms with Crippen LogP contribution in [0.4, 0.5) is 4.39 Å². The zero-order chi connectivity index (χ0) is 15.0. The van der Waals surface area contributed by atoms with Crippen molar-refractivity contribution in [2.45, 2.75) is 31.8 Å². The zero-order valence-electron chi connectivity index (χ0n) is 11.7. The van der Waals surface area contributed by atoms with Crippen LogP contribution in [0.25, 0.3) is 0 Å². The number of fused-ring (bicyclic) bond motifs is 1. The van der Waals surface area contributed by atoms with E-state index in [9.17, 15) is 4.39 Å². The van der Waals surface area contributed by atoms with Gasteiger partial charge in [-0.05, 0) is 54.7 Å². The fourth-order valence-electron chi connectivity index (χ4n) is 3.03. The van der Waals surface area contributed by atoms with Crippen molar-refractivity contribution in [3.8, 4) is 0 Å². The van der Waals surface area contributed by atoms with E-state index in [4.69, 9.17) is 23.2 Å². The molecular weight excluding hydrogens is 308 g/mol. The first-order valence-electron chi connectivity index (χ1n) is 7.04. The molecule has 0 aromatic heterocycles. The summed E-state index contributed by atoms with van der Waals surface area (Å²) in [6, 6.07) is 11.1. The highest BCUT2D eigenvalue weighted by molar-refractivity contribution is 6.35. The molecular formula is C17H16Cl2FN. The predicted molar refractivity (Wildman–Crippen MR) is 85.5 cm³/mol. The van der Waals surface area contributed by atoms with Gasteiger partial charge in [-0.25, -0.2) is 4.39 Å². The Bertz CT molecular complexity index is 672. The molecule has 21 heavy (non-hydrogen) atoms. The van der Waals surface area contributed by atoms with E-state index in [0.29, 0.717) is 10.0 Å². The second kappa shape index (κ2) is 5.96. The third-order valence-electron chi connectivity index (χ3n) is 4.09.